The first-order valence-electron chi connectivity index (χ1n) is 9.34. The maximum absolute atomic E-state index is 2.39. The topological polar surface area (TPSA) is 0 Å². The Labute approximate surface area is 189 Å². The fourth-order valence-electron chi connectivity index (χ4n) is 3.98. The van der Waals surface area contributed by atoms with E-state index in [1.165, 1.54) is 12.8 Å². The fraction of sp³-hybridized carbons (Fsp3) is 0.167. The van der Waals surface area contributed by atoms with Gasteiger partial charge in [-0.2, -0.15) is 0 Å². The van der Waals surface area contributed by atoms with Crippen molar-refractivity contribution in [2.24, 2.45) is 0 Å². The van der Waals surface area contributed by atoms with Gasteiger partial charge in [0, 0.05) is 0 Å². The van der Waals surface area contributed by atoms with Crippen LogP contribution < -0.4 is 35.2 Å². The average molecular weight is 503 g/mol. The van der Waals surface area contributed by atoms with E-state index < -0.39 is 25.8 Å². The number of hydrogen-bond acceptors (Lipinski definition) is 0. The minimum atomic E-state index is -2.04. The summed E-state index contributed by atoms with van der Waals surface area (Å²) in [6.45, 7) is 4.68. The van der Waals surface area contributed by atoms with Gasteiger partial charge in [-0.15, -0.1) is 0 Å². The maximum atomic E-state index is 2.39. The minimum Gasteiger partial charge on any atom is -1.00 e. The Morgan fingerprint density at radius 3 is 1.36 bits per heavy atom. The Bertz CT molecular complexity index is 904. The van der Waals surface area contributed by atoms with Gasteiger partial charge in [-0.3, -0.25) is 0 Å². The molecule has 0 bridgehead atoms. The van der Waals surface area contributed by atoms with Gasteiger partial charge in [-0.1, -0.05) is 0 Å². The molecule has 0 aromatic heterocycles. The van der Waals surface area contributed by atoms with Crippen LogP contribution in [0, 0.1) is 0 Å². The summed E-state index contributed by atoms with van der Waals surface area (Å²) in [5, 5.41) is 3.19. The molecule has 0 radical (unpaired) electrons. The summed E-state index contributed by atoms with van der Waals surface area (Å²) < 4.78 is 3.65. The molecular weight excluding hydrogens is 478 g/mol. The number of rotatable bonds is 4. The van der Waals surface area contributed by atoms with Gasteiger partial charge in [-0.25, -0.2) is 0 Å². The van der Waals surface area contributed by atoms with Crippen molar-refractivity contribution in [1.29, 1.82) is 0 Å². The molecule has 2 aromatic rings. The Morgan fingerprint density at radius 2 is 1.04 bits per heavy atom. The Kier molecular flexibility index (Phi) is 8.96. The number of benzene rings is 2. The molecule has 0 N–H and O–H groups in total. The van der Waals surface area contributed by atoms with Crippen molar-refractivity contribution in [3.8, 4) is 0 Å². The fourth-order valence-corrected chi connectivity index (χ4v) is 26.1. The van der Waals surface area contributed by atoms with Crippen molar-refractivity contribution in [2.45, 2.75) is 26.7 Å². The van der Waals surface area contributed by atoms with Crippen LogP contribution in [0.4, 0.5) is 0 Å². The summed E-state index contributed by atoms with van der Waals surface area (Å²) >= 11 is -2.04. The van der Waals surface area contributed by atoms with Gasteiger partial charge >= 0.3 is 166 Å². The molecule has 0 spiro atoms. The third-order valence-corrected chi connectivity index (χ3v) is 25.1. The van der Waals surface area contributed by atoms with Gasteiger partial charge in [0.15, 0.2) is 0 Å². The van der Waals surface area contributed by atoms with E-state index in [0.29, 0.717) is 0 Å². The molecule has 0 amide bonds. The number of hydrogen-bond donors (Lipinski definition) is 0. The molecule has 2 aliphatic rings. The standard InChI is InChI=1S/C12H10Si.2C6H7.2ClH.Zr/c1-3-7-11(8-4-1)13-12-9-5-2-6-10-12;2*1-6-4-2-3-5-6;;;/h1-10H;2*2,4H,3H2,1H3;2*1H;/q;;;;;+2/p-2. The molecule has 4 rings (SSSR count). The van der Waals surface area contributed by atoms with E-state index in [-0.39, 0.29) is 24.8 Å². The third kappa shape index (κ3) is 4.79. The zero-order valence-corrected chi connectivity index (χ0v) is 21.2. The van der Waals surface area contributed by atoms with Crippen LogP contribution in [0.15, 0.2) is 103 Å². The smallest absolute Gasteiger partial charge is 1.00 e. The van der Waals surface area contributed by atoms with Crippen molar-refractivity contribution in [3.63, 3.8) is 0 Å². The largest absolute Gasteiger partial charge is 1.00 e. The third-order valence-electron chi connectivity index (χ3n) is 5.31. The molecule has 2 aliphatic carbocycles. The van der Waals surface area contributed by atoms with Crippen molar-refractivity contribution >= 4 is 15.8 Å². The Morgan fingerprint density at radius 1 is 0.643 bits per heavy atom. The molecule has 0 nitrogen and oxygen atoms in total. The maximum Gasteiger partial charge on any atom is -1.00 e. The molecule has 0 unspecified atom stereocenters. The molecular formula is C24H24Cl2SiZr. The summed E-state index contributed by atoms with van der Waals surface area (Å²) in [7, 11) is 0. The quantitative estimate of drug-likeness (QED) is 0.465. The van der Waals surface area contributed by atoms with E-state index >= 15 is 0 Å². The predicted octanol–water partition coefficient (Wildman–Crippen LogP) is -1.11. The van der Waals surface area contributed by atoms with Crippen LogP contribution in [0.3, 0.4) is 0 Å². The molecule has 28 heavy (non-hydrogen) atoms. The number of halogens is 2. The molecule has 0 saturated carbocycles. The zero-order chi connectivity index (χ0) is 17.9. The average Bonchev–Trinajstić information content (AvgIpc) is 3.29. The van der Waals surface area contributed by atoms with Crippen LogP contribution in [-0.2, 0) is 20.4 Å². The second-order valence-electron chi connectivity index (χ2n) is 7.02. The van der Waals surface area contributed by atoms with Crippen LogP contribution in [-0.4, -0.2) is 5.43 Å². The second-order valence-corrected chi connectivity index (χ2v) is 20.4. The van der Waals surface area contributed by atoms with E-state index in [9.17, 15) is 0 Å². The first-order valence-corrected chi connectivity index (χ1v) is 17.0. The monoisotopic (exact) mass is 500 g/mol. The van der Waals surface area contributed by atoms with Gasteiger partial charge in [-0.05, 0) is 0 Å². The van der Waals surface area contributed by atoms with E-state index in [1.54, 1.807) is 21.5 Å². The van der Waals surface area contributed by atoms with Crippen molar-refractivity contribution in [1.82, 2.24) is 0 Å². The van der Waals surface area contributed by atoms with Crippen molar-refractivity contribution in [3.05, 3.63) is 103 Å². The van der Waals surface area contributed by atoms with E-state index in [0.717, 1.165) is 0 Å². The molecule has 0 heterocycles. The summed E-state index contributed by atoms with van der Waals surface area (Å²) in [6.07, 6.45) is 11.9. The molecule has 0 saturated heterocycles. The van der Waals surface area contributed by atoms with Crippen molar-refractivity contribution in [2.75, 3.05) is 0 Å². The van der Waals surface area contributed by atoms with Crippen molar-refractivity contribution < 1.29 is 45.2 Å². The van der Waals surface area contributed by atoms with Gasteiger partial charge in [0.25, 0.3) is 0 Å². The van der Waals surface area contributed by atoms with Crippen LogP contribution in [0.5, 0.6) is 0 Å². The Balaban J connectivity index is 0.00000140. The summed E-state index contributed by atoms with van der Waals surface area (Å²) in [4.78, 5) is 0. The van der Waals surface area contributed by atoms with Crippen LogP contribution in [0.25, 0.3) is 0 Å². The summed E-state index contributed by atoms with van der Waals surface area (Å²) in [5.41, 5.74) is 2.34. The summed E-state index contributed by atoms with van der Waals surface area (Å²) in [6, 6.07) is 22.8. The Hall–Kier alpha value is -0.920. The predicted molar refractivity (Wildman–Crippen MR) is 111 cm³/mol. The van der Waals surface area contributed by atoms with Gasteiger partial charge in [0.05, 0.1) is 0 Å². The summed E-state index contributed by atoms with van der Waals surface area (Å²) in [5.74, 6) is 0. The first-order chi connectivity index (χ1) is 12.8. The van der Waals surface area contributed by atoms with Gasteiger partial charge in [0.1, 0.15) is 0 Å². The van der Waals surface area contributed by atoms with Crippen LogP contribution in [0.1, 0.15) is 26.7 Å². The van der Waals surface area contributed by atoms with Gasteiger partial charge in [0.2, 0.25) is 0 Å². The van der Waals surface area contributed by atoms with Crippen LogP contribution >= 0.6 is 0 Å². The molecule has 0 fully saturated rings. The second kappa shape index (κ2) is 10.7. The van der Waals surface area contributed by atoms with E-state index in [1.807, 2.05) is 6.56 Å². The molecule has 0 aliphatic heterocycles. The van der Waals surface area contributed by atoms with Crippen LogP contribution in [0.2, 0.25) is 0 Å². The molecule has 2 aromatic carbocycles. The van der Waals surface area contributed by atoms with Gasteiger partial charge < -0.3 is 24.8 Å². The number of allylic oxidation sites excluding steroid dienone is 8. The normalized spacial score (nSPS) is 14.5. The van der Waals surface area contributed by atoms with E-state index in [2.05, 4.69) is 98.8 Å². The zero-order valence-electron chi connectivity index (χ0n) is 16.3. The molecule has 4 heteroatoms. The minimum absolute atomic E-state index is 0. The molecule has 142 valence electrons. The first kappa shape index (κ1) is 23.4. The molecule has 0 atom stereocenters. The SMILES string of the molecule is CC1=[C]([Zr+2]([C]2=C(C)C=CC2)=[Si](c2ccccc2)c2ccccc2)CC=C1.[Cl-].[Cl-]. The van der Waals surface area contributed by atoms with E-state index in [4.69, 9.17) is 0 Å².